The van der Waals surface area contributed by atoms with E-state index >= 15 is 0 Å². The van der Waals surface area contributed by atoms with Gasteiger partial charge in [-0.05, 0) is 12.3 Å². The Labute approximate surface area is 88.3 Å². The molecule has 2 heterocycles. The molecule has 3 N–H and O–H groups in total. The smallest absolute Gasteiger partial charge is 0.290 e. The van der Waals surface area contributed by atoms with Crippen molar-refractivity contribution in [3.05, 3.63) is 22.7 Å². The van der Waals surface area contributed by atoms with Gasteiger partial charge in [-0.25, -0.2) is 4.98 Å². The Morgan fingerprint density at radius 1 is 1.67 bits per heavy atom. The van der Waals surface area contributed by atoms with E-state index in [1.54, 1.807) is 12.4 Å². The fourth-order valence-corrected chi connectivity index (χ4v) is 1.93. The molecular weight excluding hydrogens is 192 g/mol. The molecular formula is C10H16N4O. The van der Waals surface area contributed by atoms with E-state index in [-0.39, 0.29) is 11.6 Å². The molecule has 1 aliphatic rings. The van der Waals surface area contributed by atoms with Gasteiger partial charge in [0.05, 0.1) is 0 Å². The van der Waals surface area contributed by atoms with Gasteiger partial charge in [0.15, 0.2) is 5.82 Å². The quantitative estimate of drug-likeness (QED) is 0.678. The first-order valence-electron chi connectivity index (χ1n) is 5.22. The average Bonchev–Trinajstić information content (AvgIpc) is 2.23. The number of nitrogens with zero attached hydrogens (tertiary/aromatic N) is 2. The van der Waals surface area contributed by atoms with Gasteiger partial charge in [0.2, 0.25) is 0 Å². The van der Waals surface area contributed by atoms with Gasteiger partial charge in [0.1, 0.15) is 0 Å². The number of anilines is 1. The van der Waals surface area contributed by atoms with Gasteiger partial charge in [0.25, 0.3) is 5.56 Å². The Morgan fingerprint density at radius 3 is 3.13 bits per heavy atom. The molecule has 0 amide bonds. The van der Waals surface area contributed by atoms with Crippen LogP contribution in [0.4, 0.5) is 5.82 Å². The van der Waals surface area contributed by atoms with Crippen LogP contribution in [0.5, 0.6) is 0 Å². The standard InChI is InChI=1S/C10H16N4O/c1-7-6-14(5-2-8(7)11)9-10(15)13-4-3-12-9/h3-4,7-8H,2,5-6,11H2,1H3,(H,13,15). The lowest BCUT2D eigenvalue weighted by Crippen LogP contribution is -2.47. The zero-order valence-corrected chi connectivity index (χ0v) is 8.81. The van der Waals surface area contributed by atoms with Gasteiger partial charge in [0, 0.05) is 31.5 Å². The Bertz CT molecular complexity index is 389. The molecule has 0 saturated carbocycles. The number of hydrogen-bond donors (Lipinski definition) is 2. The summed E-state index contributed by atoms with van der Waals surface area (Å²) in [5, 5.41) is 0. The topological polar surface area (TPSA) is 75.0 Å². The van der Waals surface area contributed by atoms with Gasteiger partial charge < -0.3 is 15.6 Å². The number of H-pyrrole nitrogens is 1. The van der Waals surface area contributed by atoms with Crippen molar-refractivity contribution in [1.82, 2.24) is 9.97 Å². The summed E-state index contributed by atoms with van der Waals surface area (Å²) in [5.41, 5.74) is 5.80. The first-order valence-corrected chi connectivity index (χ1v) is 5.22. The van der Waals surface area contributed by atoms with E-state index < -0.39 is 0 Å². The molecule has 2 unspecified atom stereocenters. The molecule has 0 bridgehead atoms. The van der Waals surface area contributed by atoms with E-state index in [4.69, 9.17) is 5.73 Å². The molecule has 5 heteroatoms. The monoisotopic (exact) mass is 208 g/mol. The van der Waals surface area contributed by atoms with Crippen LogP contribution >= 0.6 is 0 Å². The number of piperidine rings is 1. The fraction of sp³-hybridized carbons (Fsp3) is 0.600. The third kappa shape index (κ3) is 2.02. The summed E-state index contributed by atoms with van der Waals surface area (Å²) < 4.78 is 0. The molecule has 1 fully saturated rings. The van der Waals surface area contributed by atoms with E-state index in [0.29, 0.717) is 11.7 Å². The zero-order valence-electron chi connectivity index (χ0n) is 8.81. The van der Waals surface area contributed by atoms with E-state index in [1.807, 2.05) is 4.90 Å². The lowest BCUT2D eigenvalue weighted by Gasteiger charge is -2.35. The first kappa shape index (κ1) is 10.2. The van der Waals surface area contributed by atoms with E-state index in [0.717, 1.165) is 19.5 Å². The summed E-state index contributed by atoms with van der Waals surface area (Å²) in [4.78, 5) is 20.3. The van der Waals surface area contributed by atoms with Crippen LogP contribution < -0.4 is 16.2 Å². The van der Waals surface area contributed by atoms with Crippen molar-refractivity contribution in [2.24, 2.45) is 11.7 Å². The number of rotatable bonds is 1. The molecule has 2 atom stereocenters. The highest BCUT2D eigenvalue weighted by molar-refractivity contribution is 5.36. The van der Waals surface area contributed by atoms with Crippen LogP contribution in [-0.4, -0.2) is 29.1 Å². The molecule has 82 valence electrons. The van der Waals surface area contributed by atoms with Gasteiger partial charge in [-0.15, -0.1) is 0 Å². The second-order valence-corrected chi connectivity index (χ2v) is 4.12. The summed E-state index contributed by atoms with van der Waals surface area (Å²) >= 11 is 0. The normalized spacial score (nSPS) is 26.7. The molecule has 5 nitrogen and oxygen atoms in total. The zero-order chi connectivity index (χ0) is 10.8. The molecule has 0 aromatic carbocycles. The SMILES string of the molecule is CC1CN(c2ncc[nH]c2=O)CCC1N. The van der Waals surface area contributed by atoms with Crippen molar-refractivity contribution in [2.45, 2.75) is 19.4 Å². The molecule has 0 radical (unpaired) electrons. The second kappa shape index (κ2) is 4.02. The Balaban J connectivity index is 2.19. The molecule has 1 aromatic heterocycles. The Kier molecular flexibility index (Phi) is 2.73. The Hall–Kier alpha value is -1.36. The maximum atomic E-state index is 11.5. The minimum Gasteiger partial charge on any atom is -0.352 e. The molecule has 0 spiro atoms. The molecule has 1 aromatic rings. The van der Waals surface area contributed by atoms with Crippen LogP contribution in [-0.2, 0) is 0 Å². The lowest BCUT2D eigenvalue weighted by atomic mass is 9.95. The predicted molar refractivity (Wildman–Crippen MR) is 58.8 cm³/mol. The van der Waals surface area contributed by atoms with Crippen LogP contribution in [0.1, 0.15) is 13.3 Å². The summed E-state index contributed by atoms with van der Waals surface area (Å²) in [5.74, 6) is 0.913. The average molecular weight is 208 g/mol. The number of aromatic nitrogens is 2. The maximum absolute atomic E-state index is 11.5. The summed E-state index contributed by atoms with van der Waals surface area (Å²) in [6, 6.07) is 0.240. The number of nitrogens with two attached hydrogens (primary N) is 1. The highest BCUT2D eigenvalue weighted by Crippen LogP contribution is 2.17. The third-order valence-corrected chi connectivity index (χ3v) is 2.96. The van der Waals surface area contributed by atoms with Crippen molar-refractivity contribution in [1.29, 1.82) is 0 Å². The molecule has 0 aliphatic carbocycles. The minimum absolute atomic E-state index is 0.125. The largest absolute Gasteiger partial charge is 0.352 e. The maximum Gasteiger partial charge on any atom is 0.290 e. The van der Waals surface area contributed by atoms with Crippen molar-refractivity contribution in [2.75, 3.05) is 18.0 Å². The van der Waals surface area contributed by atoms with Crippen LogP contribution in [0.2, 0.25) is 0 Å². The lowest BCUT2D eigenvalue weighted by molar-refractivity contribution is 0.381. The number of hydrogen-bond acceptors (Lipinski definition) is 4. The van der Waals surface area contributed by atoms with Gasteiger partial charge in [-0.2, -0.15) is 0 Å². The number of aromatic amines is 1. The highest BCUT2D eigenvalue weighted by Gasteiger charge is 2.24. The van der Waals surface area contributed by atoms with E-state index in [2.05, 4.69) is 16.9 Å². The van der Waals surface area contributed by atoms with Crippen LogP contribution in [0.3, 0.4) is 0 Å². The fourth-order valence-electron chi connectivity index (χ4n) is 1.93. The molecule has 1 saturated heterocycles. The highest BCUT2D eigenvalue weighted by atomic mass is 16.1. The van der Waals surface area contributed by atoms with Gasteiger partial charge >= 0.3 is 0 Å². The van der Waals surface area contributed by atoms with Gasteiger partial charge in [-0.3, -0.25) is 4.79 Å². The number of nitrogens with one attached hydrogen (secondary N) is 1. The van der Waals surface area contributed by atoms with Crippen molar-refractivity contribution < 1.29 is 0 Å². The van der Waals surface area contributed by atoms with E-state index in [9.17, 15) is 4.79 Å². The van der Waals surface area contributed by atoms with E-state index in [1.165, 1.54) is 0 Å². The minimum atomic E-state index is -0.125. The molecule has 15 heavy (non-hydrogen) atoms. The summed E-state index contributed by atoms with van der Waals surface area (Å²) in [6.07, 6.45) is 4.07. The van der Waals surface area contributed by atoms with Crippen molar-refractivity contribution >= 4 is 5.82 Å². The van der Waals surface area contributed by atoms with Crippen molar-refractivity contribution in [3.8, 4) is 0 Å². The van der Waals surface area contributed by atoms with Crippen LogP contribution in [0.25, 0.3) is 0 Å². The summed E-state index contributed by atoms with van der Waals surface area (Å²) in [7, 11) is 0. The molecule has 1 aliphatic heterocycles. The van der Waals surface area contributed by atoms with Gasteiger partial charge in [-0.1, -0.05) is 6.92 Å². The molecule has 2 rings (SSSR count). The van der Waals surface area contributed by atoms with Crippen LogP contribution in [0, 0.1) is 5.92 Å². The Morgan fingerprint density at radius 2 is 2.47 bits per heavy atom. The summed E-state index contributed by atoms with van der Waals surface area (Å²) in [6.45, 7) is 3.72. The second-order valence-electron chi connectivity index (χ2n) is 4.12. The first-order chi connectivity index (χ1) is 7.18. The van der Waals surface area contributed by atoms with Crippen LogP contribution in [0.15, 0.2) is 17.2 Å². The third-order valence-electron chi connectivity index (χ3n) is 2.96. The predicted octanol–water partition coefficient (Wildman–Crippen LogP) is -0.0566. The van der Waals surface area contributed by atoms with Crippen molar-refractivity contribution in [3.63, 3.8) is 0 Å².